The minimum Gasteiger partial charge on any atom is -0.495 e. The van der Waals surface area contributed by atoms with Crippen molar-refractivity contribution in [2.45, 2.75) is 29.2 Å². The Bertz CT molecular complexity index is 1190. The second kappa shape index (κ2) is 9.53. The molecule has 1 heterocycles. The van der Waals surface area contributed by atoms with Crippen molar-refractivity contribution in [2.24, 2.45) is 0 Å². The quantitative estimate of drug-likeness (QED) is 0.559. The van der Waals surface area contributed by atoms with Crippen molar-refractivity contribution in [3.8, 4) is 5.75 Å². The van der Waals surface area contributed by atoms with Crippen molar-refractivity contribution in [3.05, 3.63) is 82.4 Å². The summed E-state index contributed by atoms with van der Waals surface area (Å²) in [6, 6.07) is 18.1. The summed E-state index contributed by atoms with van der Waals surface area (Å²) in [4.78, 5) is 2.75. The molecule has 1 aliphatic rings. The van der Waals surface area contributed by atoms with Crippen molar-refractivity contribution < 1.29 is 13.2 Å². The fourth-order valence-corrected chi connectivity index (χ4v) is 5.48. The summed E-state index contributed by atoms with van der Waals surface area (Å²) in [7, 11) is -0.0926. The van der Waals surface area contributed by atoms with E-state index in [0.29, 0.717) is 17.3 Å². The molecular formula is C25H27ClN2O3S. The molecule has 0 unspecified atom stereocenters. The van der Waals surface area contributed by atoms with E-state index in [1.807, 2.05) is 42.5 Å². The van der Waals surface area contributed by atoms with E-state index in [1.54, 1.807) is 18.2 Å². The number of hydrogen-bond donors (Lipinski definition) is 1. The number of nitrogens with one attached hydrogen (secondary N) is 1. The predicted octanol–water partition coefficient (Wildman–Crippen LogP) is 4.82. The van der Waals surface area contributed by atoms with Gasteiger partial charge >= 0.3 is 0 Å². The van der Waals surface area contributed by atoms with Gasteiger partial charge in [0, 0.05) is 30.3 Å². The van der Waals surface area contributed by atoms with Gasteiger partial charge in [-0.3, -0.25) is 0 Å². The maximum absolute atomic E-state index is 13.5. The van der Waals surface area contributed by atoms with Crippen molar-refractivity contribution in [1.82, 2.24) is 4.90 Å². The van der Waals surface area contributed by atoms with Crippen LogP contribution in [-0.4, -0.2) is 40.6 Å². The van der Waals surface area contributed by atoms with Crippen molar-refractivity contribution in [3.63, 3.8) is 0 Å². The molecule has 5 nitrogen and oxygen atoms in total. The molecule has 3 aromatic carbocycles. The van der Waals surface area contributed by atoms with Crippen LogP contribution >= 0.6 is 11.6 Å². The smallest absolute Gasteiger partial charge is 0.210 e. The predicted molar refractivity (Wildman–Crippen MR) is 129 cm³/mol. The monoisotopic (exact) mass is 470 g/mol. The number of nitrogens with zero attached hydrogens (tertiary/aromatic N) is 1. The zero-order valence-corrected chi connectivity index (χ0v) is 19.8. The molecule has 4 rings (SSSR count). The molecule has 7 heteroatoms. The Kier molecular flexibility index (Phi) is 6.74. The molecule has 0 fully saturated rings. The maximum Gasteiger partial charge on any atom is 0.210 e. The highest BCUT2D eigenvalue weighted by atomic mass is 35.5. The SMILES string of the molecule is COc1cc2c(cc1S(=O)(=O)c1ccc(CNc3ccc(Cl)cc3)cc1)CCN(C)CC2. The summed E-state index contributed by atoms with van der Waals surface area (Å²) in [5, 5.41) is 3.99. The van der Waals surface area contributed by atoms with E-state index in [1.165, 1.54) is 7.11 Å². The highest BCUT2D eigenvalue weighted by Crippen LogP contribution is 2.33. The van der Waals surface area contributed by atoms with Gasteiger partial charge in [0.05, 0.1) is 12.0 Å². The first kappa shape index (κ1) is 22.6. The number of anilines is 1. The van der Waals surface area contributed by atoms with Crippen molar-refractivity contribution in [1.29, 1.82) is 0 Å². The van der Waals surface area contributed by atoms with Crippen LogP contribution in [0.2, 0.25) is 5.02 Å². The highest BCUT2D eigenvalue weighted by Gasteiger charge is 2.25. The molecule has 0 aliphatic carbocycles. The Balaban J connectivity index is 1.57. The normalized spacial score (nSPS) is 14.5. The van der Waals surface area contributed by atoms with E-state index in [-0.39, 0.29) is 9.79 Å². The van der Waals surface area contributed by atoms with Crippen LogP contribution in [0.1, 0.15) is 16.7 Å². The molecule has 32 heavy (non-hydrogen) atoms. The Morgan fingerprint density at radius 3 is 2.22 bits per heavy atom. The van der Waals surface area contributed by atoms with E-state index in [2.05, 4.69) is 17.3 Å². The number of hydrogen-bond acceptors (Lipinski definition) is 5. The lowest BCUT2D eigenvalue weighted by Gasteiger charge is -2.15. The fraction of sp³-hybridized carbons (Fsp3) is 0.280. The summed E-state index contributed by atoms with van der Waals surface area (Å²) >= 11 is 5.92. The molecular weight excluding hydrogens is 444 g/mol. The summed E-state index contributed by atoms with van der Waals surface area (Å²) in [6.07, 6.45) is 1.71. The molecule has 0 spiro atoms. The number of halogens is 1. The van der Waals surface area contributed by atoms with E-state index in [0.717, 1.165) is 48.3 Å². The lowest BCUT2D eigenvalue weighted by Crippen LogP contribution is -2.20. The Labute approximate surface area is 194 Å². The Morgan fingerprint density at radius 1 is 0.969 bits per heavy atom. The fourth-order valence-electron chi connectivity index (χ4n) is 3.90. The van der Waals surface area contributed by atoms with Crippen LogP contribution in [-0.2, 0) is 29.2 Å². The van der Waals surface area contributed by atoms with E-state index in [9.17, 15) is 8.42 Å². The summed E-state index contributed by atoms with van der Waals surface area (Å²) in [5.74, 6) is 0.404. The van der Waals surface area contributed by atoms with Gasteiger partial charge in [-0.1, -0.05) is 23.7 Å². The lowest BCUT2D eigenvalue weighted by molar-refractivity contribution is 0.352. The van der Waals surface area contributed by atoms with E-state index >= 15 is 0 Å². The molecule has 0 radical (unpaired) electrons. The number of rotatable bonds is 6. The Hall–Kier alpha value is -2.54. The standard InChI is InChI=1S/C25H27ClN2O3S/c1-28-13-11-19-15-24(31-2)25(16-20(19)12-14-28)32(29,30)23-9-3-18(4-10-23)17-27-22-7-5-21(26)6-8-22/h3-10,15-16,27H,11-14,17H2,1-2H3. The molecule has 3 aromatic rings. The third-order valence-electron chi connectivity index (χ3n) is 5.88. The van der Waals surface area contributed by atoms with Crippen LogP contribution in [0.4, 0.5) is 5.69 Å². The third kappa shape index (κ3) is 4.93. The minimum absolute atomic E-state index is 0.232. The van der Waals surface area contributed by atoms with Crippen molar-refractivity contribution in [2.75, 3.05) is 32.6 Å². The van der Waals surface area contributed by atoms with Gasteiger partial charge in [-0.25, -0.2) is 8.42 Å². The first-order valence-electron chi connectivity index (χ1n) is 10.6. The zero-order valence-electron chi connectivity index (χ0n) is 18.3. The van der Waals surface area contributed by atoms with Crippen LogP contribution < -0.4 is 10.1 Å². The number of benzene rings is 3. The largest absolute Gasteiger partial charge is 0.495 e. The summed E-state index contributed by atoms with van der Waals surface area (Å²) in [5.41, 5.74) is 4.17. The maximum atomic E-state index is 13.5. The van der Waals surface area contributed by atoms with Gasteiger partial charge in [0.25, 0.3) is 0 Å². The number of likely N-dealkylation sites (N-methyl/N-ethyl adjacent to an activating group) is 1. The van der Waals surface area contributed by atoms with Gasteiger partial charge in [0.15, 0.2) is 0 Å². The molecule has 0 aromatic heterocycles. The first-order valence-corrected chi connectivity index (χ1v) is 12.4. The molecule has 0 amide bonds. The van der Waals surface area contributed by atoms with Crippen LogP contribution in [0.25, 0.3) is 0 Å². The number of methoxy groups -OCH3 is 1. The Morgan fingerprint density at radius 2 is 1.59 bits per heavy atom. The third-order valence-corrected chi connectivity index (χ3v) is 7.92. The topological polar surface area (TPSA) is 58.6 Å². The molecule has 1 N–H and O–H groups in total. The molecule has 0 atom stereocenters. The van der Waals surface area contributed by atoms with Crippen molar-refractivity contribution >= 4 is 27.1 Å². The van der Waals surface area contributed by atoms with Crippen LogP contribution in [0.3, 0.4) is 0 Å². The number of fused-ring (bicyclic) bond motifs is 1. The van der Waals surface area contributed by atoms with Gasteiger partial charge in [0.1, 0.15) is 10.6 Å². The first-order chi connectivity index (χ1) is 15.4. The lowest BCUT2D eigenvalue weighted by atomic mass is 10.0. The number of ether oxygens (including phenoxy) is 1. The van der Waals surface area contributed by atoms with Gasteiger partial charge in [0.2, 0.25) is 9.84 Å². The van der Waals surface area contributed by atoms with Crippen LogP contribution in [0, 0.1) is 0 Å². The highest BCUT2D eigenvalue weighted by molar-refractivity contribution is 7.91. The number of sulfone groups is 1. The molecule has 0 saturated heterocycles. The minimum atomic E-state index is -3.70. The molecule has 1 aliphatic heterocycles. The molecule has 168 valence electrons. The van der Waals surface area contributed by atoms with E-state index in [4.69, 9.17) is 16.3 Å². The van der Waals surface area contributed by atoms with Crippen LogP contribution in [0.15, 0.2) is 70.5 Å². The average Bonchev–Trinajstić information content (AvgIpc) is 2.99. The molecule has 0 saturated carbocycles. The van der Waals surface area contributed by atoms with Crippen LogP contribution in [0.5, 0.6) is 5.75 Å². The second-order valence-electron chi connectivity index (χ2n) is 8.08. The van der Waals surface area contributed by atoms with Gasteiger partial charge in [-0.05, 0) is 85.1 Å². The van der Waals surface area contributed by atoms with Gasteiger partial charge in [-0.15, -0.1) is 0 Å². The average molecular weight is 471 g/mol. The summed E-state index contributed by atoms with van der Waals surface area (Å²) < 4.78 is 32.4. The zero-order chi connectivity index (χ0) is 22.7. The van der Waals surface area contributed by atoms with Gasteiger partial charge < -0.3 is 15.0 Å². The second-order valence-corrected chi connectivity index (χ2v) is 10.4. The molecule has 0 bridgehead atoms. The van der Waals surface area contributed by atoms with Gasteiger partial charge in [-0.2, -0.15) is 0 Å². The summed E-state index contributed by atoms with van der Waals surface area (Å²) in [6.45, 7) is 2.44. The van der Waals surface area contributed by atoms with E-state index < -0.39 is 9.84 Å².